The summed E-state index contributed by atoms with van der Waals surface area (Å²) in [6, 6.07) is 0. The van der Waals surface area contributed by atoms with E-state index in [4.69, 9.17) is 14.2 Å². The quantitative estimate of drug-likeness (QED) is 0.0261. The lowest BCUT2D eigenvalue weighted by Gasteiger charge is -2.18. The van der Waals surface area contributed by atoms with Gasteiger partial charge >= 0.3 is 17.9 Å². The van der Waals surface area contributed by atoms with Crippen LogP contribution in [0.4, 0.5) is 0 Å². The summed E-state index contributed by atoms with van der Waals surface area (Å²) in [5.74, 6) is -0.837. The third-order valence-corrected chi connectivity index (χ3v) is 15.3. The Bertz CT molecular complexity index is 1130. The number of carbonyl (C=O) groups is 3. The zero-order valence-corrected chi connectivity index (χ0v) is 49.7. The molecule has 0 fully saturated rings. The van der Waals surface area contributed by atoms with Gasteiger partial charge in [-0.25, -0.2) is 0 Å². The number of hydrogen-bond acceptors (Lipinski definition) is 6. The first-order valence-corrected chi connectivity index (χ1v) is 33.2. The average Bonchev–Trinajstić information content (AvgIpc) is 3.39. The third kappa shape index (κ3) is 60.9. The molecule has 0 amide bonds. The molecule has 0 bridgehead atoms. The Morgan fingerprint density at radius 1 is 0.260 bits per heavy atom. The maximum Gasteiger partial charge on any atom is 0.306 e. The van der Waals surface area contributed by atoms with E-state index in [1.807, 2.05) is 0 Å². The summed E-state index contributed by atoms with van der Waals surface area (Å²) in [6.07, 6.45) is 73.8. The van der Waals surface area contributed by atoms with Gasteiger partial charge in [0.1, 0.15) is 13.2 Å². The molecule has 0 saturated carbocycles. The van der Waals surface area contributed by atoms with Gasteiger partial charge in [-0.15, -0.1) is 0 Å². The summed E-state index contributed by atoms with van der Waals surface area (Å²) >= 11 is 0. The lowest BCUT2D eigenvalue weighted by atomic mass is 10.0. The number of hydrogen-bond donors (Lipinski definition) is 0. The molecule has 0 radical (unpaired) electrons. The number of ether oxygens (including phenoxy) is 3. The maximum absolute atomic E-state index is 12.9. The summed E-state index contributed by atoms with van der Waals surface area (Å²) in [6.45, 7) is 6.70. The molecule has 0 aliphatic rings. The van der Waals surface area contributed by atoms with Gasteiger partial charge in [0.2, 0.25) is 0 Å². The van der Waals surface area contributed by atoms with Crippen molar-refractivity contribution in [2.24, 2.45) is 0 Å². The molecule has 6 nitrogen and oxygen atoms in total. The molecule has 73 heavy (non-hydrogen) atoms. The molecule has 0 N–H and O–H groups in total. The molecule has 1 atom stereocenters. The minimum Gasteiger partial charge on any atom is -0.462 e. The molecule has 0 spiro atoms. The van der Waals surface area contributed by atoms with E-state index in [9.17, 15) is 14.4 Å². The van der Waals surface area contributed by atoms with Crippen LogP contribution in [-0.2, 0) is 28.6 Å². The number of esters is 3. The molecule has 0 rings (SSSR count). The maximum atomic E-state index is 12.9. The summed E-state index contributed by atoms with van der Waals surface area (Å²) < 4.78 is 16.9. The Morgan fingerprint density at radius 2 is 0.452 bits per heavy atom. The van der Waals surface area contributed by atoms with Crippen molar-refractivity contribution < 1.29 is 28.6 Å². The van der Waals surface area contributed by atoms with Crippen LogP contribution in [0.15, 0.2) is 12.2 Å². The standard InChI is InChI=1S/C67H128O6/c1-4-7-10-13-16-19-22-24-26-28-30-31-32-33-34-35-37-38-40-42-45-48-51-54-57-60-66(69)72-63-64(62-71-65(68)59-56-53-50-47-44-21-18-15-12-9-6-3)73-67(70)61-58-55-52-49-46-43-41-39-36-29-27-25-23-20-17-14-11-8-5-2/h25,27,64H,4-24,26,28-63H2,1-3H3/b27-25-. The van der Waals surface area contributed by atoms with Crippen molar-refractivity contribution in [3.05, 3.63) is 12.2 Å². The van der Waals surface area contributed by atoms with E-state index in [-0.39, 0.29) is 31.1 Å². The molecule has 0 aliphatic carbocycles. The van der Waals surface area contributed by atoms with Crippen molar-refractivity contribution in [3.63, 3.8) is 0 Å². The molecule has 0 aliphatic heterocycles. The number of rotatable bonds is 62. The van der Waals surface area contributed by atoms with Gasteiger partial charge in [-0.2, -0.15) is 0 Å². The monoisotopic (exact) mass is 1030 g/mol. The van der Waals surface area contributed by atoms with Crippen molar-refractivity contribution in [3.8, 4) is 0 Å². The molecule has 1 unspecified atom stereocenters. The average molecular weight is 1030 g/mol. The Labute approximate surface area is 456 Å². The van der Waals surface area contributed by atoms with Crippen molar-refractivity contribution in [2.45, 2.75) is 386 Å². The van der Waals surface area contributed by atoms with E-state index in [0.29, 0.717) is 19.3 Å². The van der Waals surface area contributed by atoms with Gasteiger partial charge in [0.25, 0.3) is 0 Å². The van der Waals surface area contributed by atoms with Gasteiger partial charge in [-0.3, -0.25) is 14.4 Å². The van der Waals surface area contributed by atoms with Gasteiger partial charge in [0, 0.05) is 19.3 Å². The molecule has 0 heterocycles. The molecule has 6 heteroatoms. The second-order valence-corrected chi connectivity index (χ2v) is 22.7. The summed E-state index contributed by atoms with van der Waals surface area (Å²) in [7, 11) is 0. The zero-order chi connectivity index (χ0) is 52.9. The van der Waals surface area contributed by atoms with Crippen molar-refractivity contribution in [1.29, 1.82) is 0 Å². The highest BCUT2D eigenvalue weighted by molar-refractivity contribution is 5.71. The largest absolute Gasteiger partial charge is 0.462 e. The number of unbranched alkanes of at least 4 members (excludes halogenated alkanes) is 49. The van der Waals surface area contributed by atoms with E-state index < -0.39 is 6.10 Å². The molecule has 0 aromatic rings. The van der Waals surface area contributed by atoms with E-state index in [0.717, 1.165) is 57.8 Å². The lowest BCUT2D eigenvalue weighted by Crippen LogP contribution is -2.30. The Hall–Kier alpha value is -1.85. The van der Waals surface area contributed by atoms with Crippen LogP contribution >= 0.6 is 0 Å². The van der Waals surface area contributed by atoms with Crippen LogP contribution in [0.25, 0.3) is 0 Å². The summed E-state index contributed by atoms with van der Waals surface area (Å²) in [4.78, 5) is 38.3. The minimum atomic E-state index is -0.766. The Balaban J connectivity index is 4.17. The minimum absolute atomic E-state index is 0.0643. The van der Waals surface area contributed by atoms with Crippen molar-refractivity contribution in [1.82, 2.24) is 0 Å². The number of carbonyl (C=O) groups excluding carboxylic acids is 3. The van der Waals surface area contributed by atoms with Crippen LogP contribution in [-0.4, -0.2) is 37.2 Å². The van der Waals surface area contributed by atoms with Gasteiger partial charge < -0.3 is 14.2 Å². The highest BCUT2D eigenvalue weighted by Crippen LogP contribution is 2.18. The fourth-order valence-electron chi connectivity index (χ4n) is 10.3. The smallest absolute Gasteiger partial charge is 0.306 e. The first-order chi connectivity index (χ1) is 36.0. The van der Waals surface area contributed by atoms with Crippen LogP contribution < -0.4 is 0 Å². The van der Waals surface area contributed by atoms with Crippen LogP contribution in [0.1, 0.15) is 380 Å². The summed E-state index contributed by atoms with van der Waals surface area (Å²) in [5, 5.41) is 0. The molecule has 0 aromatic carbocycles. The van der Waals surface area contributed by atoms with Crippen molar-refractivity contribution >= 4 is 17.9 Å². The first kappa shape index (κ1) is 71.2. The van der Waals surface area contributed by atoms with E-state index in [1.165, 1.54) is 283 Å². The first-order valence-electron chi connectivity index (χ1n) is 33.2. The van der Waals surface area contributed by atoms with Crippen LogP contribution in [0, 0.1) is 0 Å². The molecule has 0 aromatic heterocycles. The molecular weight excluding hydrogens is 901 g/mol. The highest BCUT2D eigenvalue weighted by atomic mass is 16.6. The van der Waals surface area contributed by atoms with Gasteiger partial charge in [-0.05, 0) is 44.9 Å². The molecular formula is C67H128O6. The summed E-state index contributed by atoms with van der Waals surface area (Å²) in [5.41, 5.74) is 0. The Kier molecular flexibility index (Phi) is 61.1. The normalized spacial score (nSPS) is 12.0. The Morgan fingerprint density at radius 3 is 0.685 bits per heavy atom. The predicted molar refractivity (Wildman–Crippen MR) is 317 cm³/mol. The van der Waals surface area contributed by atoms with Crippen LogP contribution in [0.2, 0.25) is 0 Å². The van der Waals surface area contributed by atoms with Gasteiger partial charge in [0.15, 0.2) is 6.10 Å². The molecule has 0 saturated heterocycles. The molecule has 432 valence electrons. The van der Waals surface area contributed by atoms with E-state index in [1.54, 1.807) is 0 Å². The topological polar surface area (TPSA) is 78.9 Å². The SMILES string of the molecule is CCCCCCCC/C=C\CCCCCCCCCCCC(=O)OC(COC(=O)CCCCCCCCCCCCC)COC(=O)CCCCCCCCCCCCCCCCCCCCCCCCCCC. The third-order valence-electron chi connectivity index (χ3n) is 15.3. The van der Waals surface area contributed by atoms with Crippen LogP contribution in [0.5, 0.6) is 0 Å². The highest BCUT2D eigenvalue weighted by Gasteiger charge is 2.19. The predicted octanol–water partition coefficient (Wildman–Crippen LogP) is 22.4. The fourth-order valence-corrected chi connectivity index (χ4v) is 10.3. The zero-order valence-electron chi connectivity index (χ0n) is 49.7. The van der Waals surface area contributed by atoms with E-state index in [2.05, 4.69) is 32.9 Å². The van der Waals surface area contributed by atoms with Gasteiger partial charge in [0.05, 0.1) is 0 Å². The fraction of sp³-hybridized carbons (Fsp3) is 0.925. The van der Waals surface area contributed by atoms with Crippen molar-refractivity contribution in [2.75, 3.05) is 13.2 Å². The second-order valence-electron chi connectivity index (χ2n) is 22.7. The number of allylic oxidation sites excluding steroid dienone is 2. The second kappa shape index (κ2) is 62.7. The van der Waals surface area contributed by atoms with E-state index >= 15 is 0 Å². The van der Waals surface area contributed by atoms with Gasteiger partial charge in [-0.1, -0.05) is 328 Å². The van der Waals surface area contributed by atoms with Crippen LogP contribution in [0.3, 0.4) is 0 Å². The lowest BCUT2D eigenvalue weighted by molar-refractivity contribution is -0.167.